The van der Waals surface area contributed by atoms with Crippen LogP contribution in [0.25, 0.3) is 0 Å². The van der Waals surface area contributed by atoms with Gasteiger partial charge in [-0.15, -0.1) is 6.58 Å². The van der Waals surface area contributed by atoms with Crippen molar-refractivity contribution in [1.29, 1.82) is 0 Å². The first-order valence-electron chi connectivity index (χ1n) is 9.72. The van der Waals surface area contributed by atoms with E-state index >= 15 is 0 Å². The summed E-state index contributed by atoms with van der Waals surface area (Å²) in [4.78, 5) is 14.6. The van der Waals surface area contributed by atoms with Crippen LogP contribution in [-0.2, 0) is 20.0 Å². The molecule has 10 heteroatoms. The smallest absolute Gasteiger partial charge is 0.253 e. The second-order valence-corrected chi connectivity index (χ2v) is 10.9. The number of rotatable bonds is 7. The molecule has 2 aromatic carbocycles. The first kappa shape index (κ1) is 23.1. The Morgan fingerprint density at radius 1 is 1.00 bits per heavy atom. The zero-order valence-corrected chi connectivity index (χ0v) is 18.8. The average Bonchev–Trinajstić information content (AvgIpc) is 2.77. The molecule has 0 unspecified atom stereocenters. The van der Waals surface area contributed by atoms with Crippen molar-refractivity contribution in [3.63, 3.8) is 0 Å². The zero-order chi connectivity index (χ0) is 22.6. The molecule has 3 rings (SSSR count). The molecule has 0 saturated carbocycles. The molecule has 1 heterocycles. The van der Waals surface area contributed by atoms with Gasteiger partial charge in [-0.2, -0.15) is 4.31 Å². The van der Waals surface area contributed by atoms with Crippen LogP contribution in [0.1, 0.15) is 15.9 Å². The lowest BCUT2D eigenvalue weighted by molar-refractivity contribution is 0.0697. The van der Waals surface area contributed by atoms with Crippen LogP contribution in [0.5, 0.6) is 0 Å². The van der Waals surface area contributed by atoms with Gasteiger partial charge in [-0.1, -0.05) is 29.8 Å². The van der Waals surface area contributed by atoms with Crippen molar-refractivity contribution in [3.8, 4) is 0 Å². The summed E-state index contributed by atoms with van der Waals surface area (Å²) < 4.78 is 54.0. The second-order valence-electron chi connectivity index (χ2n) is 7.18. The third-order valence-electron chi connectivity index (χ3n) is 4.99. The summed E-state index contributed by atoms with van der Waals surface area (Å²) in [6, 6.07) is 12.4. The molecule has 1 N–H and O–H groups in total. The predicted octanol–water partition coefficient (Wildman–Crippen LogP) is 1.61. The van der Waals surface area contributed by atoms with E-state index in [-0.39, 0.29) is 54.0 Å². The minimum Gasteiger partial charge on any atom is -0.336 e. The summed E-state index contributed by atoms with van der Waals surface area (Å²) in [6.07, 6.45) is 1.43. The van der Waals surface area contributed by atoms with Crippen LogP contribution < -0.4 is 4.72 Å². The van der Waals surface area contributed by atoms with Crippen molar-refractivity contribution >= 4 is 26.0 Å². The molecule has 2 aromatic rings. The maximum absolute atomic E-state index is 12.9. The largest absolute Gasteiger partial charge is 0.336 e. The number of carbonyl (C=O) groups excluding carboxylic acids is 1. The standard InChI is InChI=1S/C21H25N3O5S2/c1-3-11-22-30(26,27)20-6-4-5-18(16-20)21(25)23-12-14-24(15-13-23)31(28,29)19-9-7-17(2)8-10-19/h3-10,16,22H,1,11-15H2,2H3. The summed E-state index contributed by atoms with van der Waals surface area (Å²) in [6.45, 7) is 6.21. The van der Waals surface area contributed by atoms with E-state index in [1.165, 1.54) is 33.5 Å². The molecule has 8 nitrogen and oxygen atoms in total. The van der Waals surface area contributed by atoms with Gasteiger partial charge in [0.05, 0.1) is 9.79 Å². The molecule has 1 fully saturated rings. The molecule has 0 atom stereocenters. The van der Waals surface area contributed by atoms with Crippen molar-refractivity contribution in [2.24, 2.45) is 0 Å². The van der Waals surface area contributed by atoms with Crippen LogP contribution in [0.15, 0.2) is 71.0 Å². The van der Waals surface area contributed by atoms with Crippen molar-refractivity contribution in [2.75, 3.05) is 32.7 Å². The monoisotopic (exact) mass is 463 g/mol. The molecule has 31 heavy (non-hydrogen) atoms. The summed E-state index contributed by atoms with van der Waals surface area (Å²) >= 11 is 0. The molecule has 1 saturated heterocycles. The summed E-state index contributed by atoms with van der Waals surface area (Å²) in [7, 11) is -7.38. The van der Waals surface area contributed by atoms with Crippen LogP contribution in [0, 0.1) is 6.92 Å². The minimum atomic E-state index is -3.75. The maximum Gasteiger partial charge on any atom is 0.253 e. The lowest BCUT2D eigenvalue weighted by Crippen LogP contribution is -2.50. The number of benzene rings is 2. The van der Waals surface area contributed by atoms with Crippen LogP contribution in [0.2, 0.25) is 0 Å². The third-order valence-corrected chi connectivity index (χ3v) is 8.33. The first-order valence-corrected chi connectivity index (χ1v) is 12.6. The van der Waals surface area contributed by atoms with E-state index < -0.39 is 20.0 Å². The zero-order valence-electron chi connectivity index (χ0n) is 17.2. The number of nitrogens with zero attached hydrogens (tertiary/aromatic N) is 2. The number of carbonyl (C=O) groups is 1. The molecule has 0 spiro atoms. The van der Waals surface area contributed by atoms with Gasteiger partial charge < -0.3 is 4.90 Å². The molecule has 0 radical (unpaired) electrons. The normalized spacial score (nSPS) is 15.6. The third kappa shape index (κ3) is 5.21. The van der Waals surface area contributed by atoms with Gasteiger partial charge in [0.1, 0.15) is 0 Å². The van der Waals surface area contributed by atoms with Crippen molar-refractivity contribution in [2.45, 2.75) is 16.7 Å². The average molecular weight is 464 g/mol. The molecule has 166 valence electrons. The van der Waals surface area contributed by atoms with E-state index in [2.05, 4.69) is 11.3 Å². The van der Waals surface area contributed by atoms with E-state index in [4.69, 9.17) is 0 Å². The van der Waals surface area contributed by atoms with E-state index in [0.29, 0.717) is 0 Å². The molecule has 0 aromatic heterocycles. The lowest BCUT2D eigenvalue weighted by Gasteiger charge is -2.34. The van der Waals surface area contributed by atoms with E-state index in [0.717, 1.165) is 5.56 Å². The van der Waals surface area contributed by atoms with Gasteiger partial charge in [0, 0.05) is 38.3 Å². The number of nitrogens with one attached hydrogen (secondary N) is 1. The number of aryl methyl sites for hydroxylation is 1. The highest BCUT2D eigenvalue weighted by molar-refractivity contribution is 7.89. The summed E-state index contributed by atoms with van der Waals surface area (Å²) in [5.74, 6) is -0.340. The quantitative estimate of drug-likeness (QED) is 0.629. The molecule has 1 aliphatic heterocycles. The Morgan fingerprint density at radius 3 is 2.26 bits per heavy atom. The Balaban J connectivity index is 1.70. The van der Waals surface area contributed by atoms with Gasteiger partial charge in [0.25, 0.3) is 5.91 Å². The maximum atomic E-state index is 12.9. The van der Waals surface area contributed by atoms with Crippen LogP contribution in [-0.4, -0.2) is 64.7 Å². The minimum absolute atomic E-state index is 0.0132. The van der Waals surface area contributed by atoms with Gasteiger partial charge in [-0.3, -0.25) is 4.79 Å². The highest BCUT2D eigenvalue weighted by Crippen LogP contribution is 2.20. The molecule has 0 bridgehead atoms. The van der Waals surface area contributed by atoms with Gasteiger partial charge in [0.2, 0.25) is 20.0 Å². The topological polar surface area (TPSA) is 104 Å². The van der Waals surface area contributed by atoms with Crippen LogP contribution in [0.3, 0.4) is 0 Å². The number of sulfonamides is 2. The highest BCUT2D eigenvalue weighted by Gasteiger charge is 2.30. The van der Waals surface area contributed by atoms with Crippen LogP contribution in [0.4, 0.5) is 0 Å². The van der Waals surface area contributed by atoms with Gasteiger partial charge in [0.15, 0.2) is 0 Å². The van der Waals surface area contributed by atoms with E-state index in [1.54, 1.807) is 30.3 Å². The lowest BCUT2D eigenvalue weighted by atomic mass is 10.2. The second kappa shape index (κ2) is 9.31. The fourth-order valence-corrected chi connectivity index (χ4v) is 5.69. The van der Waals surface area contributed by atoms with E-state index in [1.807, 2.05) is 6.92 Å². The van der Waals surface area contributed by atoms with Crippen LogP contribution >= 0.6 is 0 Å². The SMILES string of the molecule is C=CCNS(=O)(=O)c1cccc(C(=O)N2CCN(S(=O)(=O)c3ccc(C)cc3)CC2)c1. The number of piperazine rings is 1. The molecular formula is C21H25N3O5S2. The summed E-state index contributed by atoms with van der Waals surface area (Å²) in [5.41, 5.74) is 1.20. The van der Waals surface area contributed by atoms with Gasteiger partial charge >= 0.3 is 0 Å². The Labute approximate surface area is 183 Å². The number of hydrogen-bond donors (Lipinski definition) is 1. The number of hydrogen-bond acceptors (Lipinski definition) is 5. The van der Waals surface area contributed by atoms with Crippen molar-refractivity contribution in [1.82, 2.24) is 13.9 Å². The van der Waals surface area contributed by atoms with Gasteiger partial charge in [-0.05, 0) is 37.3 Å². The van der Waals surface area contributed by atoms with Gasteiger partial charge in [-0.25, -0.2) is 21.6 Å². The molecule has 0 aliphatic carbocycles. The molecule has 1 amide bonds. The fourth-order valence-electron chi connectivity index (χ4n) is 3.22. The first-order chi connectivity index (χ1) is 14.6. The molecular weight excluding hydrogens is 438 g/mol. The number of amides is 1. The molecule has 1 aliphatic rings. The Hall–Kier alpha value is -2.53. The van der Waals surface area contributed by atoms with E-state index in [9.17, 15) is 21.6 Å². The predicted molar refractivity (Wildman–Crippen MR) is 118 cm³/mol. The Morgan fingerprint density at radius 2 is 1.65 bits per heavy atom. The Bertz CT molecular complexity index is 1170. The summed E-state index contributed by atoms with van der Waals surface area (Å²) in [5, 5.41) is 0. The fraction of sp³-hybridized carbons (Fsp3) is 0.286. The van der Waals surface area contributed by atoms with Crippen molar-refractivity contribution < 1.29 is 21.6 Å². The highest BCUT2D eigenvalue weighted by atomic mass is 32.2. The van der Waals surface area contributed by atoms with Crippen molar-refractivity contribution in [3.05, 3.63) is 72.3 Å². The Kier molecular flexibility index (Phi) is 6.95.